The molecule has 0 atom stereocenters. The average molecular weight is 322 g/mol. The number of halogens is 3. The lowest BCUT2D eigenvalue weighted by molar-refractivity contribution is -0.384. The highest BCUT2D eigenvalue weighted by molar-refractivity contribution is 5.75. The molecule has 0 spiro atoms. The molecule has 1 aliphatic rings. The van der Waals surface area contributed by atoms with Crippen molar-refractivity contribution in [3.63, 3.8) is 0 Å². The molecular formula is C16H13F3N2O2. The second-order valence-corrected chi connectivity index (χ2v) is 5.34. The maximum atomic E-state index is 12.8. The second kappa shape index (κ2) is 5.57. The van der Waals surface area contributed by atoms with Crippen LogP contribution in [0.25, 0.3) is 0 Å². The number of para-hydroxylation sites is 1. The highest BCUT2D eigenvalue weighted by atomic mass is 19.4. The Kier molecular flexibility index (Phi) is 3.71. The van der Waals surface area contributed by atoms with Crippen LogP contribution in [0.2, 0.25) is 0 Å². The predicted molar refractivity (Wildman–Crippen MR) is 79.9 cm³/mol. The molecule has 2 aromatic carbocycles. The third kappa shape index (κ3) is 2.86. The van der Waals surface area contributed by atoms with Gasteiger partial charge in [-0.1, -0.05) is 18.2 Å². The first-order valence-electron chi connectivity index (χ1n) is 7.09. The summed E-state index contributed by atoms with van der Waals surface area (Å²) in [4.78, 5) is 12.2. The van der Waals surface area contributed by atoms with Gasteiger partial charge in [0, 0.05) is 18.3 Å². The van der Waals surface area contributed by atoms with E-state index in [4.69, 9.17) is 0 Å². The second-order valence-electron chi connectivity index (χ2n) is 5.34. The van der Waals surface area contributed by atoms with Crippen LogP contribution in [0.1, 0.15) is 17.5 Å². The predicted octanol–water partition coefficient (Wildman–Crippen LogP) is 4.70. The van der Waals surface area contributed by atoms with Gasteiger partial charge in [-0.3, -0.25) is 10.1 Å². The molecule has 0 aliphatic carbocycles. The van der Waals surface area contributed by atoms with E-state index in [2.05, 4.69) is 0 Å². The van der Waals surface area contributed by atoms with Gasteiger partial charge in [-0.25, -0.2) is 0 Å². The van der Waals surface area contributed by atoms with Gasteiger partial charge in [-0.2, -0.15) is 13.2 Å². The summed E-state index contributed by atoms with van der Waals surface area (Å²) in [5.41, 5.74) is 0.486. The van der Waals surface area contributed by atoms with Crippen molar-refractivity contribution in [2.24, 2.45) is 0 Å². The van der Waals surface area contributed by atoms with Gasteiger partial charge in [0.15, 0.2) is 0 Å². The van der Waals surface area contributed by atoms with E-state index in [0.717, 1.165) is 30.2 Å². The number of nitro groups is 1. The minimum atomic E-state index is -4.61. The Morgan fingerprint density at radius 3 is 2.52 bits per heavy atom. The molecule has 1 aliphatic heterocycles. The fourth-order valence-electron chi connectivity index (χ4n) is 2.86. The van der Waals surface area contributed by atoms with E-state index >= 15 is 0 Å². The molecule has 0 amide bonds. The molecule has 7 heteroatoms. The van der Waals surface area contributed by atoms with Crippen molar-refractivity contribution in [2.45, 2.75) is 19.0 Å². The van der Waals surface area contributed by atoms with Crippen LogP contribution in [-0.4, -0.2) is 11.5 Å². The molecule has 2 aromatic rings. The number of benzene rings is 2. The normalized spacial score (nSPS) is 14.5. The molecule has 0 saturated heterocycles. The van der Waals surface area contributed by atoms with Gasteiger partial charge in [-0.05, 0) is 36.6 Å². The highest BCUT2D eigenvalue weighted by Crippen LogP contribution is 2.41. The average Bonchev–Trinajstić information content (AvgIpc) is 2.53. The van der Waals surface area contributed by atoms with Crippen molar-refractivity contribution in [1.29, 1.82) is 0 Å². The molecule has 23 heavy (non-hydrogen) atoms. The van der Waals surface area contributed by atoms with Crippen molar-refractivity contribution < 1.29 is 18.1 Å². The van der Waals surface area contributed by atoms with Crippen LogP contribution >= 0.6 is 0 Å². The number of nitrogens with zero attached hydrogens (tertiary/aromatic N) is 2. The zero-order valence-corrected chi connectivity index (χ0v) is 12.0. The molecular weight excluding hydrogens is 309 g/mol. The Balaban J connectivity index is 2.12. The van der Waals surface area contributed by atoms with Crippen LogP contribution in [0.4, 0.5) is 30.2 Å². The summed E-state index contributed by atoms with van der Waals surface area (Å²) < 4.78 is 38.4. The van der Waals surface area contributed by atoms with Crippen molar-refractivity contribution in [3.05, 3.63) is 63.7 Å². The van der Waals surface area contributed by atoms with Crippen LogP contribution in [0.3, 0.4) is 0 Å². The van der Waals surface area contributed by atoms with Crippen molar-refractivity contribution in [1.82, 2.24) is 0 Å². The number of nitro benzene ring substituents is 1. The van der Waals surface area contributed by atoms with Crippen molar-refractivity contribution >= 4 is 17.1 Å². The zero-order valence-electron chi connectivity index (χ0n) is 12.0. The Hall–Kier alpha value is -2.57. The SMILES string of the molecule is O=[N+]([O-])c1cc(C(F)(F)F)ccc1N1CCCc2ccccc21. The molecule has 0 bridgehead atoms. The fourth-order valence-corrected chi connectivity index (χ4v) is 2.86. The third-order valence-electron chi connectivity index (χ3n) is 3.90. The van der Waals surface area contributed by atoms with Crippen LogP contribution in [0.15, 0.2) is 42.5 Å². The first-order valence-corrected chi connectivity index (χ1v) is 7.09. The number of anilines is 2. The standard InChI is InChI=1S/C16H13F3N2O2/c17-16(18,19)12-7-8-14(15(10-12)21(22)23)20-9-3-5-11-4-1-2-6-13(11)20/h1-2,4,6-8,10H,3,5,9H2. The Morgan fingerprint density at radius 1 is 1.09 bits per heavy atom. The summed E-state index contributed by atoms with van der Waals surface area (Å²) in [6.45, 7) is 0.531. The van der Waals surface area contributed by atoms with E-state index < -0.39 is 22.4 Å². The Morgan fingerprint density at radius 2 is 1.83 bits per heavy atom. The monoisotopic (exact) mass is 322 g/mol. The van der Waals surface area contributed by atoms with Gasteiger partial charge in [-0.15, -0.1) is 0 Å². The number of hydrogen-bond acceptors (Lipinski definition) is 3. The van der Waals surface area contributed by atoms with Crippen LogP contribution < -0.4 is 4.90 Å². The van der Waals surface area contributed by atoms with Gasteiger partial charge in [0.2, 0.25) is 0 Å². The fraction of sp³-hybridized carbons (Fsp3) is 0.250. The molecule has 0 N–H and O–H groups in total. The summed E-state index contributed by atoms with van der Waals surface area (Å²) in [6.07, 6.45) is -2.97. The van der Waals surface area contributed by atoms with Crippen molar-refractivity contribution in [3.8, 4) is 0 Å². The first kappa shape index (κ1) is 15.3. The summed E-state index contributed by atoms with van der Waals surface area (Å²) in [5.74, 6) is 0. The van der Waals surface area contributed by atoms with E-state index in [9.17, 15) is 23.3 Å². The van der Waals surface area contributed by atoms with E-state index in [-0.39, 0.29) is 5.69 Å². The minimum Gasteiger partial charge on any atom is -0.336 e. The van der Waals surface area contributed by atoms with Crippen molar-refractivity contribution in [2.75, 3.05) is 11.4 Å². The first-order chi connectivity index (χ1) is 10.9. The maximum absolute atomic E-state index is 12.8. The molecule has 120 valence electrons. The summed E-state index contributed by atoms with van der Waals surface area (Å²) in [5, 5.41) is 11.3. The molecule has 0 saturated carbocycles. The maximum Gasteiger partial charge on any atom is 0.416 e. The third-order valence-corrected chi connectivity index (χ3v) is 3.90. The van der Waals surface area contributed by atoms with Gasteiger partial charge >= 0.3 is 6.18 Å². The molecule has 0 radical (unpaired) electrons. The molecule has 3 rings (SSSR count). The van der Waals surface area contributed by atoms with E-state index in [1.165, 1.54) is 6.07 Å². The van der Waals surface area contributed by atoms with E-state index in [1.54, 1.807) is 4.90 Å². The van der Waals surface area contributed by atoms with E-state index in [1.807, 2.05) is 24.3 Å². The number of rotatable bonds is 2. The number of hydrogen-bond donors (Lipinski definition) is 0. The summed E-state index contributed by atoms with van der Waals surface area (Å²) in [7, 11) is 0. The molecule has 0 aromatic heterocycles. The lowest BCUT2D eigenvalue weighted by atomic mass is 10.0. The summed E-state index contributed by atoms with van der Waals surface area (Å²) in [6, 6.07) is 10.1. The minimum absolute atomic E-state index is 0.190. The number of aryl methyl sites for hydroxylation is 1. The number of alkyl halides is 3. The van der Waals surface area contributed by atoms with Crippen LogP contribution in [0.5, 0.6) is 0 Å². The largest absolute Gasteiger partial charge is 0.416 e. The lowest BCUT2D eigenvalue weighted by Gasteiger charge is -2.31. The van der Waals surface area contributed by atoms with Gasteiger partial charge in [0.25, 0.3) is 5.69 Å². The van der Waals surface area contributed by atoms with Gasteiger partial charge < -0.3 is 4.90 Å². The number of fused-ring (bicyclic) bond motifs is 1. The molecule has 0 unspecified atom stereocenters. The molecule has 0 fully saturated rings. The van der Waals surface area contributed by atoms with Crippen LogP contribution in [-0.2, 0) is 12.6 Å². The Labute approximate surface area is 130 Å². The smallest absolute Gasteiger partial charge is 0.336 e. The molecule has 1 heterocycles. The van der Waals surface area contributed by atoms with Crippen LogP contribution in [0, 0.1) is 10.1 Å². The van der Waals surface area contributed by atoms with Gasteiger partial charge in [0.05, 0.1) is 10.5 Å². The van der Waals surface area contributed by atoms with E-state index in [0.29, 0.717) is 12.6 Å². The van der Waals surface area contributed by atoms with Gasteiger partial charge in [0.1, 0.15) is 5.69 Å². The summed E-state index contributed by atoms with van der Waals surface area (Å²) >= 11 is 0. The Bertz CT molecular complexity index is 759. The topological polar surface area (TPSA) is 46.4 Å². The lowest BCUT2D eigenvalue weighted by Crippen LogP contribution is -2.25. The highest BCUT2D eigenvalue weighted by Gasteiger charge is 2.34. The molecule has 4 nitrogen and oxygen atoms in total. The zero-order chi connectivity index (χ0) is 16.6. The quantitative estimate of drug-likeness (QED) is 0.595.